The van der Waals surface area contributed by atoms with Crippen molar-refractivity contribution in [2.75, 3.05) is 11.1 Å². The van der Waals surface area contributed by atoms with Gasteiger partial charge in [-0.3, -0.25) is 4.79 Å². The number of benzene rings is 4. The lowest BCUT2D eigenvalue weighted by molar-refractivity contribution is -0.116. The van der Waals surface area contributed by atoms with E-state index >= 15 is 0 Å². The number of ether oxygens (including phenoxy) is 1. The van der Waals surface area contributed by atoms with Crippen LogP contribution in [0.5, 0.6) is 11.5 Å². The maximum Gasteiger partial charge on any atom is 0.335 e. The fourth-order valence-electron chi connectivity index (χ4n) is 4.00. The Kier molecular flexibility index (Phi) is 8.55. The first-order valence-corrected chi connectivity index (χ1v) is 13.7. The van der Waals surface area contributed by atoms with Gasteiger partial charge in [0.15, 0.2) is 9.84 Å². The third-order valence-corrected chi connectivity index (χ3v) is 7.78. The maximum atomic E-state index is 13.1. The van der Waals surface area contributed by atoms with E-state index in [1.807, 2.05) is 60.7 Å². The van der Waals surface area contributed by atoms with Crippen molar-refractivity contribution in [2.24, 2.45) is 0 Å². The van der Waals surface area contributed by atoms with Crippen molar-refractivity contribution in [2.45, 2.75) is 23.7 Å². The summed E-state index contributed by atoms with van der Waals surface area (Å²) in [7, 11) is -3.60. The van der Waals surface area contributed by atoms with E-state index in [1.54, 1.807) is 12.1 Å². The number of aromatic carboxylic acids is 1. The molecule has 0 saturated carbocycles. The van der Waals surface area contributed by atoms with Crippen LogP contribution in [0.2, 0.25) is 0 Å². The molecule has 7 nitrogen and oxygen atoms in total. The van der Waals surface area contributed by atoms with E-state index in [1.165, 1.54) is 36.4 Å². The van der Waals surface area contributed by atoms with E-state index < -0.39 is 15.8 Å². The highest BCUT2D eigenvalue weighted by Crippen LogP contribution is 2.28. The number of sulfone groups is 1. The average Bonchev–Trinajstić information content (AvgIpc) is 2.93. The zero-order valence-corrected chi connectivity index (χ0v) is 21.3. The standard InChI is InChI=1S/C30H27NO6S/c32-29(31-25-13-11-23(12-14-25)30(33)34)21-24(22-7-3-1-4-8-22)19-20-38(35,36)28-17-15-27(16-18-28)37-26-9-5-2-6-10-26/h1-18,24H,19-21H2,(H,31,32)(H,33,34). The molecule has 1 amide bonds. The van der Waals surface area contributed by atoms with Crippen LogP contribution >= 0.6 is 0 Å². The van der Waals surface area contributed by atoms with E-state index in [4.69, 9.17) is 9.84 Å². The van der Waals surface area contributed by atoms with Crippen molar-refractivity contribution in [3.8, 4) is 11.5 Å². The van der Waals surface area contributed by atoms with E-state index in [-0.39, 0.29) is 40.9 Å². The number of rotatable bonds is 11. The summed E-state index contributed by atoms with van der Waals surface area (Å²) < 4.78 is 32.0. The van der Waals surface area contributed by atoms with Crippen LogP contribution in [0, 0.1) is 0 Å². The fraction of sp³-hybridized carbons (Fsp3) is 0.133. The summed E-state index contributed by atoms with van der Waals surface area (Å²) in [6.07, 6.45) is 0.323. The lowest BCUT2D eigenvalue weighted by atomic mass is 9.93. The molecule has 0 radical (unpaired) electrons. The summed E-state index contributed by atoms with van der Waals surface area (Å²) in [5.41, 5.74) is 1.46. The lowest BCUT2D eigenvalue weighted by Crippen LogP contribution is -2.18. The Bertz CT molecular complexity index is 1470. The minimum atomic E-state index is -3.60. The Balaban J connectivity index is 1.42. The highest BCUT2D eigenvalue weighted by atomic mass is 32.2. The highest BCUT2D eigenvalue weighted by Gasteiger charge is 2.22. The van der Waals surface area contributed by atoms with Crippen molar-refractivity contribution in [1.82, 2.24) is 0 Å². The summed E-state index contributed by atoms with van der Waals surface area (Å²) in [5, 5.41) is 11.8. The maximum absolute atomic E-state index is 13.1. The van der Waals surface area contributed by atoms with Crippen LogP contribution < -0.4 is 10.1 Å². The van der Waals surface area contributed by atoms with Gasteiger partial charge >= 0.3 is 5.97 Å². The van der Waals surface area contributed by atoms with Crippen LogP contribution in [0.1, 0.15) is 34.7 Å². The fourth-order valence-corrected chi connectivity index (χ4v) is 5.38. The summed E-state index contributed by atoms with van der Waals surface area (Å²) in [5.74, 6) is -0.611. The van der Waals surface area contributed by atoms with Gasteiger partial charge in [0.25, 0.3) is 0 Å². The zero-order chi connectivity index (χ0) is 27.0. The molecule has 4 aromatic carbocycles. The third-order valence-electron chi connectivity index (χ3n) is 6.02. The Morgan fingerprint density at radius 1 is 0.763 bits per heavy atom. The smallest absolute Gasteiger partial charge is 0.335 e. The van der Waals surface area contributed by atoms with Crippen molar-refractivity contribution >= 4 is 27.4 Å². The average molecular weight is 530 g/mol. The zero-order valence-electron chi connectivity index (χ0n) is 20.5. The van der Waals surface area contributed by atoms with Gasteiger partial charge in [-0.2, -0.15) is 0 Å². The molecule has 1 atom stereocenters. The molecule has 0 aliphatic carbocycles. The van der Waals surface area contributed by atoms with E-state index in [0.29, 0.717) is 17.2 Å². The van der Waals surface area contributed by atoms with Crippen molar-refractivity contribution < 1.29 is 27.9 Å². The molecule has 0 aliphatic heterocycles. The Hall–Kier alpha value is -4.43. The Morgan fingerprint density at radius 2 is 1.34 bits per heavy atom. The monoisotopic (exact) mass is 529 g/mol. The summed E-state index contributed by atoms with van der Waals surface area (Å²) in [6.45, 7) is 0. The molecule has 0 saturated heterocycles. The highest BCUT2D eigenvalue weighted by molar-refractivity contribution is 7.91. The SMILES string of the molecule is O=C(CC(CCS(=O)(=O)c1ccc(Oc2ccccc2)cc1)c1ccccc1)Nc1ccc(C(=O)O)cc1. The van der Waals surface area contributed by atoms with Gasteiger partial charge in [0.1, 0.15) is 11.5 Å². The van der Waals surface area contributed by atoms with Crippen LogP contribution in [0.4, 0.5) is 5.69 Å². The molecule has 0 aromatic heterocycles. The van der Waals surface area contributed by atoms with Gasteiger partial charge in [-0.25, -0.2) is 13.2 Å². The van der Waals surface area contributed by atoms with Crippen LogP contribution in [0.25, 0.3) is 0 Å². The number of carbonyl (C=O) groups excluding carboxylic acids is 1. The Morgan fingerprint density at radius 3 is 1.95 bits per heavy atom. The van der Waals surface area contributed by atoms with E-state index in [9.17, 15) is 18.0 Å². The van der Waals surface area contributed by atoms with Gasteiger partial charge in [-0.15, -0.1) is 0 Å². The molecule has 4 aromatic rings. The van der Waals surface area contributed by atoms with E-state index in [2.05, 4.69) is 5.32 Å². The van der Waals surface area contributed by atoms with E-state index in [0.717, 1.165) is 5.56 Å². The van der Waals surface area contributed by atoms with Crippen LogP contribution in [0.3, 0.4) is 0 Å². The first-order chi connectivity index (χ1) is 18.3. The second kappa shape index (κ2) is 12.2. The second-order valence-electron chi connectivity index (χ2n) is 8.74. The largest absolute Gasteiger partial charge is 0.478 e. The molecular formula is C30H27NO6S. The molecule has 0 bridgehead atoms. The normalized spacial score (nSPS) is 11.9. The number of carbonyl (C=O) groups is 2. The third kappa shape index (κ3) is 7.30. The molecule has 2 N–H and O–H groups in total. The Labute approximate surface area is 221 Å². The predicted octanol–water partition coefficient (Wildman–Crippen LogP) is 6.15. The summed E-state index contributed by atoms with van der Waals surface area (Å²) in [6, 6.07) is 30.7. The van der Waals surface area contributed by atoms with Crippen LogP contribution in [-0.4, -0.2) is 31.2 Å². The number of para-hydroxylation sites is 1. The molecule has 8 heteroatoms. The van der Waals surface area contributed by atoms with Gasteiger partial charge in [0.2, 0.25) is 5.91 Å². The summed E-state index contributed by atoms with van der Waals surface area (Å²) in [4.78, 5) is 24.0. The lowest BCUT2D eigenvalue weighted by Gasteiger charge is -2.18. The molecule has 0 aliphatic rings. The summed E-state index contributed by atoms with van der Waals surface area (Å²) >= 11 is 0. The van der Waals surface area contributed by atoms with Gasteiger partial charge < -0.3 is 15.2 Å². The van der Waals surface area contributed by atoms with Crippen molar-refractivity contribution in [1.29, 1.82) is 0 Å². The second-order valence-corrected chi connectivity index (χ2v) is 10.8. The predicted molar refractivity (Wildman–Crippen MR) is 145 cm³/mol. The number of carboxylic acids is 1. The quantitative estimate of drug-likeness (QED) is 0.241. The molecule has 1 unspecified atom stereocenters. The molecule has 4 rings (SSSR count). The molecule has 0 fully saturated rings. The van der Waals surface area contributed by atoms with Gasteiger partial charge in [-0.1, -0.05) is 48.5 Å². The number of carboxylic acid groups (broad SMARTS) is 1. The van der Waals surface area contributed by atoms with Gasteiger partial charge in [-0.05, 0) is 78.6 Å². The van der Waals surface area contributed by atoms with Gasteiger partial charge in [0.05, 0.1) is 16.2 Å². The molecular weight excluding hydrogens is 502 g/mol. The van der Waals surface area contributed by atoms with Crippen LogP contribution in [-0.2, 0) is 14.6 Å². The number of nitrogens with one attached hydrogen (secondary N) is 1. The number of hydrogen-bond acceptors (Lipinski definition) is 5. The topological polar surface area (TPSA) is 110 Å². The number of hydrogen-bond donors (Lipinski definition) is 2. The minimum absolute atomic E-state index is 0.0735. The number of amides is 1. The first-order valence-electron chi connectivity index (χ1n) is 12.0. The van der Waals surface area contributed by atoms with Crippen molar-refractivity contribution in [3.05, 3.63) is 120 Å². The molecule has 0 spiro atoms. The molecule has 38 heavy (non-hydrogen) atoms. The molecule has 194 valence electrons. The van der Waals surface area contributed by atoms with Crippen molar-refractivity contribution in [3.63, 3.8) is 0 Å². The van der Waals surface area contributed by atoms with Crippen LogP contribution in [0.15, 0.2) is 114 Å². The number of anilines is 1. The minimum Gasteiger partial charge on any atom is -0.478 e. The first kappa shape index (κ1) is 26.6. The molecule has 0 heterocycles. The van der Waals surface area contributed by atoms with Gasteiger partial charge in [0, 0.05) is 12.1 Å².